The van der Waals surface area contributed by atoms with Crippen molar-refractivity contribution in [1.82, 2.24) is 4.98 Å². The number of nitrogens with zero attached hydrogens (tertiary/aromatic N) is 1. The quantitative estimate of drug-likeness (QED) is 0.680. The van der Waals surface area contributed by atoms with Crippen LogP contribution in [0.5, 0.6) is 0 Å². The first-order valence-corrected chi connectivity index (χ1v) is 10.5. The van der Waals surface area contributed by atoms with E-state index in [0.29, 0.717) is 29.1 Å². The molecule has 3 atom stereocenters. The molecule has 0 saturated heterocycles. The molecule has 4 heteroatoms. The van der Waals surface area contributed by atoms with Gasteiger partial charge in [-0.25, -0.2) is 0 Å². The van der Waals surface area contributed by atoms with Gasteiger partial charge in [-0.3, -0.25) is 9.78 Å². The lowest BCUT2D eigenvalue weighted by Crippen LogP contribution is -2.31. The molecule has 3 N–H and O–H groups in total. The van der Waals surface area contributed by atoms with Crippen molar-refractivity contribution in [3.8, 4) is 0 Å². The number of allylic oxidation sites excluding steroid dienone is 2. The molecule has 154 valence electrons. The number of nitrogens with one attached hydrogen (secondary N) is 1. The highest BCUT2D eigenvalue weighted by atomic mass is 16.1. The Bertz CT molecular complexity index is 771. The van der Waals surface area contributed by atoms with E-state index in [1.54, 1.807) is 12.3 Å². The zero-order valence-electron chi connectivity index (χ0n) is 18.6. The number of nitrogen functional groups attached to an aromatic ring is 1. The summed E-state index contributed by atoms with van der Waals surface area (Å²) in [4.78, 5) is 17.1. The number of hydrogen-bond acceptors (Lipinski definition) is 3. The largest absolute Gasteiger partial charge is 0.397 e. The van der Waals surface area contributed by atoms with E-state index in [0.717, 1.165) is 30.5 Å². The fourth-order valence-electron chi connectivity index (χ4n) is 3.87. The molecule has 0 fully saturated rings. The summed E-state index contributed by atoms with van der Waals surface area (Å²) in [5.74, 6) is 1.67. The number of anilines is 2. The van der Waals surface area contributed by atoms with Crippen LogP contribution in [0.3, 0.4) is 0 Å². The standard InChI is InChI=1S/C24H37N3O/c1-8-18-11-19(23(28)27-20-13-22(25)17(4)26-14-20)10-9-15(2)21(12-18)16(3)24(5,6)7/h10-11,13-16,21H,8-9,12,25H2,1-7H3,(H,27,28). The van der Waals surface area contributed by atoms with Gasteiger partial charge in [0.15, 0.2) is 0 Å². The summed E-state index contributed by atoms with van der Waals surface area (Å²) in [6.07, 6.45) is 8.77. The Hall–Kier alpha value is -2.10. The fourth-order valence-corrected chi connectivity index (χ4v) is 3.87. The number of carbonyl (C=O) groups is 1. The predicted molar refractivity (Wildman–Crippen MR) is 119 cm³/mol. The maximum atomic E-state index is 12.9. The molecule has 0 aromatic carbocycles. The molecule has 1 aromatic rings. The van der Waals surface area contributed by atoms with E-state index in [1.165, 1.54) is 5.57 Å². The molecule has 1 aliphatic carbocycles. The van der Waals surface area contributed by atoms with Gasteiger partial charge in [0, 0.05) is 5.57 Å². The molecule has 4 nitrogen and oxygen atoms in total. The van der Waals surface area contributed by atoms with E-state index >= 15 is 0 Å². The van der Waals surface area contributed by atoms with Gasteiger partial charge in [-0.1, -0.05) is 59.3 Å². The predicted octanol–water partition coefficient (Wildman–Crippen LogP) is 5.90. The van der Waals surface area contributed by atoms with Crippen LogP contribution >= 0.6 is 0 Å². The molecule has 2 rings (SSSR count). The number of amides is 1. The molecule has 0 saturated carbocycles. The number of aryl methyl sites for hydroxylation is 1. The Morgan fingerprint density at radius 1 is 1.39 bits per heavy atom. The Balaban J connectivity index is 2.23. The second-order valence-corrected chi connectivity index (χ2v) is 9.40. The summed E-state index contributed by atoms with van der Waals surface area (Å²) in [6.45, 7) is 15.7. The lowest BCUT2D eigenvalue weighted by molar-refractivity contribution is -0.112. The number of carbonyl (C=O) groups excluding carboxylic acids is 1. The summed E-state index contributed by atoms with van der Waals surface area (Å²) in [5, 5.41) is 2.95. The zero-order chi connectivity index (χ0) is 21.1. The first-order valence-electron chi connectivity index (χ1n) is 10.5. The molecule has 0 radical (unpaired) electrons. The zero-order valence-corrected chi connectivity index (χ0v) is 18.6. The smallest absolute Gasteiger partial charge is 0.255 e. The van der Waals surface area contributed by atoms with Crippen LogP contribution in [0.15, 0.2) is 35.6 Å². The average Bonchev–Trinajstić information content (AvgIpc) is 2.61. The van der Waals surface area contributed by atoms with Crippen LogP contribution in [0.2, 0.25) is 0 Å². The second kappa shape index (κ2) is 8.93. The summed E-state index contributed by atoms with van der Waals surface area (Å²) in [7, 11) is 0. The van der Waals surface area contributed by atoms with Crippen molar-refractivity contribution in [2.75, 3.05) is 11.1 Å². The van der Waals surface area contributed by atoms with Crippen LogP contribution in [-0.4, -0.2) is 10.9 Å². The Morgan fingerprint density at radius 3 is 2.64 bits per heavy atom. The topological polar surface area (TPSA) is 68.0 Å². The van der Waals surface area contributed by atoms with Crippen LogP contribution in [0.25, 0.3) is 0 Å². The van der Waals surface area contributed by atoms with Gasteiger partial charge >= 0.3 is 0 Å². The van der Waals surface area contributed by atoms with Crippen molar-refractivity contribution in [3.05, 3.63) is 41.3 Å². The van der Waals surface area contributed by atoms with Crippen LogP contribution < -0.4 is 11.1 Å². The third-order valence-corrected chi connectivity index (χ3v) is 6.41. The monoisotopic (exact) mass is 383 g/mol. The normalized spacial score (nSPS) is 21.8. The maximum absolute atomic E-state index is 12.9. The lowest BCUT2D eigenvalue weighted by atomic mass is 9.66. The Morgan fingerprint density at radius 2 is 2.07 bits per heavy atom. The third kappa shape index (κ3) is 5.46. The number of nitrogens with two attached hydrogens (primary N) is 1. The van der Waals surface area contributed by atoms with E-state index in [1.807, 2.05) is 6.92 Å². The van der Waals surface area contributed by atoms with Gasteiger partial charge in [0.1, 0.15) is 0 Å². The minimum Gasteiger partial charge on any atom is -0.397 e. The van der Waals surface area contributed by atoms with Gasteiger partial charge in [0.25, 0.3) is 5.91 Å². The van der Waals surface area contributed by atoms with E-state index in [9.17, 15) is 4.79 Å². The highest BCUT2D eigenvalue weighted by Gasteiger charge is 2.32. The summed E-state index contributed by atoms with van der Waals surface area (Å²) < 4.78 is 0. The van der Waals surface area contributed by atoms with Crippen LogP contribution in [0.1, 0.15) is 66.5 Å². The molecular formula is C24H37N3O. The lowest BCUT2D eigenvalue weighted by Gasteiger charge is -2.39. The first kappa shape index (κ1) is 22.2. The van der Waals surface area contributed by atoms with E-state index < -0.39 is 0 Å². The molecule has 28 heavy (non-hydrogen) atoms. The van der Waals surface area contributed by atoms with Gasteiger partial charge in [-0.05, 0) is 55.4 Å². The van der Waals surface area contributed by atoms with Gasteiger partial charge in [0.05, 0.1) is 23.3 Å². The molecule has 1 aromatic heterocycles. The molecule has 0 spiro atoms. The average molecular weight is 384 g/mol. The number of rotatable bonds is 4. The molecule has 1 heterocycles. The highest BCUT2D eigenvalue weighted by molar-refractivity contribution is 6.06. The highest BCUT2D eigenvalue weighted by Crippen LogP contribution is 2.41. The van der Waals surface area contributed by atoms with Crippen molar-refractivity contribution in [3.63, 3.8) is 0 Å². The maximum Gasteiger partial charge on any atom is 0.255 e. The molecule has 3 unspecified atom stereocenters. The van der Waals surface area contributed by atoms with Crippen molar-refractivity contribution >= 4 is 17.3 Å². The minimum absolute atomic E-state index is 0.0921. The Labute approximate surface area is 170 Å². The number of pyridine rings is 1. The summed E-state index contributed by atoms with van der Waals surface area (Å²) in [6, 6.07) is 1.76. The SMILES string of the molecule is CCC1=CC(C(=O)Nc2cnc(C)c(N)c2)=CCC(C)C(C(C)C(C)(C)C)C1. The van der Waals surface area contributed by atoms with Crippen LogP contribution in [0, 0.1) is 30.1 Å². The molecule has 0 aliphatic heterocycles. The van der Waals surface area contributed by atoms with Gasteiger partial charge in [-0.2, -0.15) is 0 Å². The van der Waals surface area contributed by atoms with Gasteiger partial charge < -0.3 is 11.1 Å². The third-order valence-electron chi connectivity index (χ3n) is 6.41. The molecule has 1 aliphatic rings. The fraction of sp³-hybridized carbons (Fsp3) is 0.583. The van der Waals surface area contributed by atoms with Crippen LogP contribution in [0.4, 0.5) is 11.4 Å². The van der Waals surface area contributed by atoms with Crippen molar-refractivity contribution in [1.29, 1.82) is 0 Å². The number of aromatic nitrogens is 1. The summed E-state index contributed by atoms with van der Waals surface area (Å²) in [5.41, 5.74) is 10.3. The van der Waals surface area contributed by atoms with E-state index in [2.05, 4.69) is 64.0 Å². The van der Waals surface area contributed by atoms with E-state index in [-0.39, 0.29) is 11.3 Å². The molecular weight excluding hydrogens is 346 g/mol. The van der Waals surface area contributed by atoms with Gasteiger partial charge in [0.2, 0.25) is 0 Å². The minimum atomic E-state index is -0.0921. The summed E-state index contributed by atoms with van der Waals surface area (Å²) >= 11 is 0. The molecule has 0 bridgehead atoms. The molecule has 1 amide bonds. The Kier molecular flexibility index (Phi) is 7.08. The van der Waals surface area contributed by atoms with Crippen molar-refractivity contribution < 1.29 is 4.79 Å². The van der Waals surface area contributed by atoms with E-state index in [4.69, 9.17) is 5.73 Å². The first-order chi connectivity index (χ1) is 13.0. The van der Waals surface area contributed by atoms with Crippen molar-refractivity contribution in [2.45, 2.75) is 67.7 Å². The van der Waals surface area contributed by atoms with Gasteiger partial charge in [-0.15, -0.1) is 0 Å². The second-order valence-electron chi connectivity index (χ2n) is 9.40. The number of hydrogen-bond donors (Lipinski definition) is 2. The van der Waals surface area contributed by atoms with Crippen LogP contribution in [-0.2, 0) is 4.79 Å². The van der Waals surface area contributed by atoms with Crippen molar-refractivity contribution in [2.24, 2.45) is 23.2 Å².